The maximum absolute atomic E-state index is 12.3. The molecule has 0 aromatic heterocycles. The number of hydrogen-bond acceptors (Lipinski definition) is 4. The Labute approximate surface area is 117 Å². The van der Waals surface area contributed by atoms with E-state index >= 15 is 0 Å². The lowest BCUT2D eigenvalue weighted by atomic mass is 9.98. The molecule has 21 heavy (non-hydrogen) atoms. The SMILES string of the molecule is CCNC(C)(CCOC(C(F)(F)F)C(F)(F)F)C(=O)OC. The van der Waals surface area contributed by atoms with E-state index in [1.54, 1.807) is 6.92 Å². The lowest BCUT2D eigenvalue weighted by molar-refractivity contribution is -0.322. The highest BCUT2D eigenvalue weighted by atomic mass is 19.4. The minimum Gasteiger partial charge on any atom is -0.468 e. The summed E-state index contributed by atoms with van der Waals surface area (Å²) in [7, 11) is 1.06. The highest BCUT2D eigenvalue weighted by Gasteiger charge is 2.58. The summed E-state index contributed by atoms with van der Waals surface area (Å²) in [6.45, 7) is 2.29. The topological polar surface area (TPSA) is 47.6 Å². The van der Waals surface area contributed by atoms with Crippen LogP contribution in [0.25, 0.3) is 0 Å². The molecule has 1 unspecified atom stereocenters. The Kier molecular flexibility index (Phi) is 6.94. The Hall–Kier alpha value is -1.03. The average Bonchev–Trinajstić information content (AvgIpc) is 2.30. The lowest BCUT2D eigenvalue weighted by Crippen LogP contribution is -2.52. The first kappa shape index (κ1) is 20.0. The van der Waals surface area contributed by atoms with E-state index in [1.807, 2.05) is 0 Å². The highest BCUT2D eigenvalue weighted by molar-refractivity contribution is 5.80. The quantitative estimate of drug-likeness (QED) is 0.577. The number of nitrogens with one attached hydrogen (secondary N) is 1. The molecule has 0 aliphatic carbocycles. The molecule has 1 atom stereocenters. The Balaban J connectivity index is 4.79. The first-order chi connectivity index (χ1) is 9.38. The van der Waals surface area contributed by atoms with Crippen LogP contribution in [0, 0.1) is 0 Å². The average molecular weight is 325 g/mol. The summed E-state index contributed by atoms with van der Waals surface area (Å²) < 4.78 is 81.9. The molecule has 0 saturated heterocycles. The molecule has 0 aromatic rings. The zero-order chi connectivity index (χ0) is 16.9. The molecule has 0 radical (unpaired) electrons. The van der Waals surface area contributed by atoms with E-state index in [0.29, 0.717) is 0 Å². The van der Waals surface area contributed by atoms with Crippen molar-refractivity contribution >= 4 is 5.97 Å². The number of halogens is 6. The van der Waals surface area contributed by atoms with E-state index in [1.165, 1.54) is 6.92 Å². The molecule has 0 spiro atoms. The van der Waals surface area contributed by atoms with Gasteiger partial charge in [0.05, 0.1) is 13.7 Å². The van der Waals surface area contributed by atoms with E-state index in [0.717, 1.165) is 7.11 Å². The van der Waals surface area contributed by atoms with E-state index < -0.39 is 43.0 Å². The van der Waals surface area contributed by atoms with Crippen molar-refractivity contribution in [3.8, 4) is 0 Å². The summed E-state index contributed by atoms with van der Waals surface area (Å²) in [5, 5.41) is 2.64. The van der Waals surface area contributed by atoms with Crippen LogP contribution in [-0.2, 0) is 14.3 Å². The summed E-state index contributed by atoms with van der Waals surface area (Å²) in [6, 6.07) is 0. The number of methoxy groups -OCH3 is 1. The van der Waals surface area contributed by atoms with Gasteiger partial charge in [-0.1, -0.05) is 6.92 Å². The molecule has 0 fully saturated rings. The fourth-order valence-corrected chi connectivity index (χ4v) is 1.63. The van der Waals surface area contributed by atoms with Gasteiger partial charge in [-0.15, -0.1) is 0 Å². The Morgan fingerprint density at radius 1 is 1.14 bits per heavy atom. The van der Waals surface area contributed by atoms with Gasteiger partial charge < -0.3 is 14.8 Å². The van der Waals surface area contributed by atoms with Crippen molar-refractivity contribution in [1.29, 1.82) is 0 Å². The molecule has 0 rings (SSSR count). The zero-order valence-electron chi connectivity index (χ0n) is 11.7. The number of esters is 1. The number of likely N-dealkylation sites (N-methyl/N-ethyl adjacent to an activating group) is 1. The maximum atomic E-state index is 12.3. The van der Waals surface area contributed by atoms with Gasteiger partial charge in [-0.25, -0.2) is 0 Å². The van der Waals surface area contributed by atoms with E-state index in [4.69, 9.17) is 0 Å². The standard InChI is InChI=1S/C11H17F6NO3/c1-4-18-9(2,8(19)20-3)5-6-21-7(10(12,13)14)11(15,16)17/h7,18H,4-6H2,1-3H3. The van der Waals surface area contributed by atoms with Crippen molar-refractivity contribution < 1.29 is 40.6 Å². The molecule has 0 saturated carbocycles. The van der Waals surface area contributed by atoms with Crippen LogP contribution < -0.4 is 5.32 Å². The predicted molar refractivity (Wildman–Crippen MR) is 60.6 cm³/mol. The molecule has 0 aliphatic heterocycles. The van der Waals surface area contributed by atoms with E-state index in [-0.39, 0.29) is 6.54 Å². The minimum atomic E-state index is -5.57. The smallest absolute Gasteiger partial charge is 0.423 e. The second-order valence-corrected chi connectivity index (χ2v) is 4.44. The third-order valence-electron chi connectivity index (χ3n) is 2.68. The van der Waals surface area contributed by atoms with Gasteiger partial charge >= 0.3 is 18.3 Å². The normalized spacial score (nSPS) is 15.9. The lowest BCUT2D eigenvalue weighted by Gasteiger charge is -2.29. The molecule has 0 heterocycles. The molecule has 1 N–H and O–H groups in total. The van der Waals surface area contributed by atoms with Crippen LogP contribution in [0.2, 0.25) is 0 Å². The van der Waals surface area contributed by atoms with Crippen molar-refractivity contribution in [2.45, 2.75) is 44.3 Å². The number of ether oxygens (including phenoxy) is 2. The molecule has 126 valence electrons. The predicted octanol–water partition coefficient (Wildman–Crippen LogP) is 2.43. The summed E-state index contributed by atoms with van der Waals surface area (Å²) in [5.41, 5.74) is -1.43. The van der Waals surface area contributed by atoms with Gasteiger partial charge in [0.25, 0.3) is 0 Å². The van der Waals surface area contributed by atoms with Gasteiger partial charge in [-0.3, -0.25) is 4.79 Å². The number of carbonyl (C=O) groups excluding carboxylic acids is 1. The Morgan fingerprint density at radius 2 is 1.62 bits per heavy atom. The largest absolute Gasteiger partial charge is 0.468 e. The molecule has 10 heteroatoms. The van der Waals surface area contributed by atoms with Gasteiger partial charge in [0, 0.05) is 0 Å². The fourth-order valence-electron chi connectivity index (χ4n) is 1.63. The summed E-state index contributed by atoms with van der Waals surface area (Å²) in [6.07, 6.45) is -15.4. The zero-order valence-corrected chi connectivity index (χ0v) is 11.7. The minimum absolute atomic E-state index is 0.271. The van der Waals surface area contributed by atoms with Crippen LogP contribution >= 0.6 is 0 Å². The first-order valence-electron chi connectivity index (χ1n) is 5.97. The molecule has 0 aliphatic rings. The Morgan fingerprint density at radius 3 is 1.95 bits per heavy atom. The van der Waals surface area contributed by atoms with Crippen molar-refractivity contribution in [2.75, 3.05) is 20.3 Å². The molecule has 4 nitrogen and oxygen atoms in total. The fraction of sp³-hybridized carbons (Fsp3) is 0.909. The number of alkyl halides is 6. The van der Waals surface area contributed by atoms with Gasteiger partial charge in [0.15, 0.2) is 0 Å². The van der Waals surface area contributed by atoms with Crippen LogP contribution in [0.4, 0.5) is 26.3 Å². The second-order valence-electron chi connectivity index (χ2n) is 4.44. The molecular formula is C11H17F6NO3. The van der Waals surface area contributed by atoms with Crippen LogP contribution in [0.1, 0.15) is 20.3 Å². The summed E-state index contributed by atoms with van der Waals surface area (Å²) >= 11 is 0. The Bertz CT molecular complexity index is 330. The van der Waals surface area contributed by atoms with Crippen molar-refractivity contribution in [3.05, 3.63) is 0 Å². The van der Waals surface area contributed by atoms with Crippen LogP contribution in [0.5, 0.6) is 0 Å². The van der Waals surface area contributed by atoms with Gasteiger partial charge in [-0.2, -0.15) is 26.3 Å². The van der Waals surface area contributed by atoms with Crippen LogP contribution in [0.3, 0.4) is 0 Å². The van der Waals surface area contributed by atoms with Crippen LogP contribution in [0.15, 0.2) is 0 Å². The van der Waals surface area contributed by atoms with Gasteiger partial charge in [0.2, 0.25) is 6.10 Å². The maximum Gasteiger partial charge on any atom is 0.423 e. The highest BCUT2D eigenvalue weighted by Crippen LogP contribution is 2.35. The molecule has 0 bridgehead atoms. The van der Waals surface area contributed by atoms with Crippen LogP contribution in [-0.4, -0.2) is 50.2 Å². The van der Waals surface area contributed by atoms with Gasteiger partial charge in [0.1, 0.15) is 5.54 Å². The summed E-state index contributed by atoms with van der Waals surface area (Å²) in [4.78, 5) is 11.5. The van der Waals surface area contributed by atoms with Crippen molar-refractivity contribution in [2.24, 2.45) is 0 Å². The second kappa shape index (κ2) is 7.30. The molecular weight excluding hydrogens is 308 g/mol. The van der Waals surface area contributed by atoms with E-state index in [2.05, 4.69) is 14.8 Å². The summed E-state index contributed by atoms with van der Waals surface area (Å²) in [5.74, 6) is -0.802. The number of carbonyl (C=O) groups is 1. The number of hydrogen-bond donors (Lipinski definition) is 1. The number of rotatable bonds is 7. The molecule has 0 amide bonds. The third kappa shape index (κ3) is 6.08. The van der Waals surface area contributed by atoms with Gasteiger partial charge in [-0.05, 0) is 19.9 Å². The first-order valence-corrected chi connectivity index (χ1v) is 5.97. The monoisotopic (exact) mass is 325 g/mol. The third-order valence-corrected chi connectivity index (χ3v) is 2.68. The van der Waals surface area contributed by atoms with E-state index in [9.17, 15) is 31.1 Å². The van der Waals surface area contributed by atoms with Crippen molar-refractivity contribution in [3.63, 3.8) is 0 Å². The molecule has 0 aromatic carbocycles. The van der Waals surface area contributed by atoms with Crippen molar-refractivity contribution in [1.82, 2.24) is 5.32 Å².